The molecule has 0 radical (unpaired) electrons. The summed E-state index contributed by atoms with van der Waals surface area (Å²) in [6, 6.07) is 16.5. The smallest absolute Gasteiger partial charge is 0.243 e. The van der Waals surface area contributed by atoms with Gasteiger partial charge in [-0.15, -0.1) is 0 Å². The third kappa shape index (κ3) is 5.90. The highest BCUT2D eigenvalue weighted by atomic mass is 35.5. The van der Waals surface area contributed by atoms with E-state index in [1.807, 2.05) is 47.4 Å². The van der Waals surface area contributed by atoms with Gasteiger partial charge in [-0.25, -0.2) is 8.42 Å². The van der Waals surface area contributed by atoms with Crippen LogP contribution in [0, 0.1) is 11.3 Å². The lowest BCUT2D eigenvalue weighted by molar-refractivity contribution is 0.310. The molecule has 0 saturated carbocycles. The Hall–Kier alpha value is -2.76. The van der Waals surface area contributed by atoms with Crippen LogP contribution < -0.4 is 0 Å². The molecule has 3 aromatic rings. The first-order chi connectivity index (χ1) is 14.9. The lowest BCUT2D eigenvalue weighted by atomic mass is 10.2. The summed E-state index contributed by atoms with van der Waals surface area (Å²) < 4.78 is 27.6. The molecule has 2 aromatic carbocycles. The van der Waals surface area contributed by atoms with Crippen molar-refractivity contribution in [3.8, 4) is 6.07 Å². The largest absolute Gasteiger partial charge is 0.286 e. The Labute approximate surface area is 188 Å². The number of hydrogen-bond donors (Lipinski definition) is 0. The number of hydrogen-bond acceptors (Lipinski definition) is 5. The first kappa shape index (κ1) is 22.9. The molecule has 0 aliphatic rings. The summed E-state index contributed by atoms with van der Waals surface area (Å²) in [7, 11) is -2.12. The number of aromatic nitrogens is 1. The molecule has 3 rings (SSSR count). The van der Waals surface area contributed by atoms with Crippen molar-refractivity contribution in [1.82, 2.24) is 14.2 Å². The number of sulfonamides is 1. The summed E-state index contributed by atoms with van der Waals surface area (Å²) in [5.74, 6) is 0. The molecule has 0 aliphatic carbocycles. The third-order valence-electron chi connectivity index (χ3n) is 4.90. The Morgan fingerprint density at radius 3 is 2.65 bits per heavy atom. The van der Waals surface area contributed by atoms with E-state index in [-0.39, 0.29) is 18.0 Å². The minimum atomic E-state index is -3.68. The highest BCUT2D eigenvalue weighted by Gasteiger charge is 2.23. The number of nitrogens with zero attached hydrogens (tertiary/aromatic N) is 4. The quantitative estimate of drug-likeness (QED) is 0.456. The maximum absolute atomic E-state index is 13.1. The van der Waals surface area contributed by atoms with Gasteiger partial charge in [0.1, 0.15) is 0 Å². The summed E-state index contributed by atoms with van der Waals surface area (Å²) in [6.45, 7) is 1.43. The average molecular weight is 455 g/mol. The van der Waals surface area contributed by atoms with Crippen LogP contribution in [0.3, 0.4) is 0 Å². The van der Waals surface area contributed by atoms with E-state index in [0.29, 0.717) is 23.5 Å². The number of rotatable bonds is 9. The van der Waals surface area contributed by atoms with Crippen LogP contribution in [0.15, 0.2) is 71.9 Å². The second-order valence-corrected chi connectivity index (χ2v) is 9.48. The molecule has 0 saturated heterocycles. The van der Waals surface area contributed by atoms with Gasteiger partial charge >= 0.3 is 0 Å². The van der Waals surface area contributed by atoms with E-state index < -0.39 is 10.0 Å². The van der Waals surface area contributed by atoms with Crippen LogP contribution in [0.25, 0.3) is 16.8 Å². The maximum Gasteiger partial charge on any atom is 0.243 e. The zero-order valence-corrected chi connectivity index (χ0v) is 18.7. The Bertz CT molecular complexity index is 1200. The summed E-state index contributed by atoms with van der Waals surface area (Å²) in [6.07, 6.45) is 7.14. The van der Waals surface area contributed by atoms with Gasteiger partial charge in [0.2, 0.25) is 10.0 Å². The molecule has 0 bridgehead atoms. The van der Waals surface area contributed by atoms with Gasteiger partial charge in [-0.05, 0) is 29.8 Å². The Balaban J connectivity index is 1.66. The van der Waals surface area contributed by atoms with E-state index in [1.54, 1.807) is 37.6 Å². The first-order valence-electron chi connectivity index (χ1n) is 9.72. The van der Waals surface area contributed by atoms with Crippen LogP contribution in [-0.4, -0.2) is 55.8 Å². The minimum absolute atomic E-state index is 0.207. The van der Waals surface area contributed by atoms with Crippen molar-refractivity contribution in [3.05, 3.63) is 77.6 Å². The van der Waals surface area contributed by atoms with Crippen LogP contribution in [0.4, 0.5) is 0 Å². The van der Waals surface area contributed by atoms with E-state index in [4.69, 9.17) is 16.9 Å². The van der Waals surface area contributed by atoms with Gasteiger partial charge in [0.25, 0.3) is 0 Å². The fourth-order valence-electron chi connectivity index (χ4n) is 3.13. The van der Waals surface area contributed by atoms with Crippen LogP contribution in [-0.2, 0) is 10.0 Å². The van der Waals surface area contributed by atoms with Crippen molar-refractivity contribution in [2.24, 2.45) is 0 Å². The summed E-state index contributed by atoms with van der Waals surface area (Å²) in [5.41, 5.74) is 1.01. The van der Waals surface area contributed by atoms with Gasteiger partial charge in [-0.1, -0.05) is 48.0 Å². The fraction of sp³-hybridized carbons (Fsp3) is 0.217. The SMILES string of the molecule is CN(CCN(CC#N)CC=Cc1ccc(Cl)cc1)S(=O)(=O)c1cccc2cnccc12. The predicted octanol–water partition coefficient (Wildman–Crippen LogP) is 4.05. The molecule has 0 aliphatic heterocycles. The van der Waals surface area contributed by atoms with Crippen molar-refractivity contribution in [2.45, 2.75) is 4.90 Å². The molecule has 0 N–H and O–H groups in total. The number of pyridine rings is 1. The standard InChI is InChI=1S/C23H23ClN4O2S/c1-27(31(29,30)23-6-2-5-20-18-26-13-11-22(20)23)16-17-28(15-12-25)14-3-4-19-7-9-21(24)10-8-19/h2-11,13,18H,14-17H2,1H3. The van der Waals surface area contributed by atoms with Crippen molar-refractivity contribution < 1.29 is 8.42 Å². The van der Waals surface area contributed by atoms with Crippen molar-refractivity contribution in [1.29, 1.82) is 5.26 Å². The molecule has 1 heterocycles. The molecule has 0 atom stereocenters. The van der Waals surface area contributed by atoms with Crippen LogP contribution >= 0.6 is 11.6 Å². The lowest BCUT2D eigenvalue weighted by Gasteiger charge is -2.23. The van der Waals surface area contributed by atoms with Crippen molar-refractivity contribution in [2.75, 3.05) is 33.2 Å². The number of halogens is 1. The van der Waals surface area contributed by atoms with Gasteiger partial charge in [0.15, 0.2) is 0 Å². The van der Waals surface area contributed by atoms with Gasteiger partial charge in [-0.2, -0.15) is 9.57 Å². The molecule has 31 heavy (non-hydrogen) atoms. The maximum atomic E-state index is 13.1. The fourth-order valence-corrected chi connectivity index (χ4v) is 4.63. The van der Waals surface area contributed by atoms with Gasteiger partial charge < -0.3 is 0 Å². The highest BCUT2D eigenvalue weighted by Crippen LogP contribution is 2.24. The van der Waals surface area contributed by atoms with Crippen molar-refractivity contribution >= 4 is 38.5 Å². The number of fused-ring (bicyclic) bond motifs is 1. The second kappa shape index (κ2) is 10.5. The number of nitriles is 1. The molecule has 0 spiro atoms. The molecule has 0 fully saturated rings. The Morgan fingerprint density at radius 2 is 1.90 bits per heavy atom. The summed E-state index contributed by atoms with van der Waals surface area (Å²) >= 11 is 5.90. The summed E-state index contributed by atoms with van der Waals surface area (Å²) in [4.78, 5) is 6.21. The van der Waals surface area contributed by atoms with Gasteiger partial charge in [0, 0.05) is 54.9 Å². The topological polar surface area (TPSA) is 77.3 Å². The molecular formula is C23H23ClN4O2S. The van der Waals surface area contributed by atoms with Crippen LogP contribution in [0.5, 0.6) is 0 Å². The Kier molecular flexibility index (Phi) is 7.77. The number of benzene rings is 2. The molecule has 8 heteroatoms. The summed E-state index contributed by atoms with van der Waals surface area (Å²) in [5, 5.41) is 11.2. The molecule has 0 amide bonds. The average Bonchev–Trinajstić information content (AvgIpc) is 2.78. The lowest BCUT2D eigenvalue weighted by Crippen LogP contribution is -2.36. The molecule has 1 aromatic heterocycles. The first-order valence-corrected chi connectivity index (χ1v) is 11.5. The molecule has 160 valence electrons. The predicted molar refractivity (Wildman–Crippen MR) is 124 cm³/mol. The monoisotopic (exact) mass is 454 g/mol. The van der Waals surface area contributed by atoms with Crippen molar-refractivity contribution in [3.63, 3.8) is 0 Å². The molecular weight excluding hydrogens is 432 g/mol. The Morgan fingerprint density at radius 1 is 1.13 bits per heavy atom. The highest BCUT2D eigenvalue weighted by molar-refractivity contribution is 7.89. The zero-order valence-electron chi connectivity index (χ0n) is 17.1. The van der Waals surface area contributed by atoms with Gasteiger partial charge in [-0.3, -0.25) is 9.88 Å². The molecule has 0 unspecified atom stereocenters. The van der Waals surface area contributed by atoms with Crippen LogP contribution in [0.2, 0.25) is 5.02 Å². The van der Waals surface area contributed by atoms with E-state index in [9.17, 15) is 8.42 Å². The normalized spacial score (nSPS) is 12.1. The van der Waals surface area contributed by atoms with E-state index >= 15 is 0 Å². The van der Waals surface area contributed by atoms with E-state index in [1.165, 1.54) is 4.31 Å². The third-order valence-corrected chi connectivity index (χ3v) is 7.07. The second-order valence-electron chi connectivity index (χ2n) is 7.03. The number of likely N-dealkylation sites (N-methyl/N-ethyl adjacent to an activating group) is 1. The molecule has 6 nitrogen and oxygen atoms in total. The minimum Gasteiger partial charge on any atom is -0.286 e. The zero-order chi connectivity index (χ0) is 22.3. The van der Waals surface area contributed by atoms with Gasteiger partial charge in [0.05, 0.1) is 17.5 Å². The van der Waals surface area contributed by atoms with Crippen LogP contribution in [0.1, 0.15) is 5.56 Å². The van der Waals surface area contributed by atoms with E-state index in [0.717, 1.165) is 10.9 Å². The van der Waals surface area contributed by atoms with E-state index in [2.05, 4.69) is 11.1 Å².